The Morgan fingerprint density at radius 2 is 1.94 bits per heavy atom. The van der Waals surface area contributed by atoms with E-state index in [0.717, 1.165) is 17.7 Å². The van der Waals surface area contributed by atoms with E-state index in [-0.39, 0.29) is 11.3 Å². The van der Waals surface area contributed by atoms with Gasteiger partial charge in [-0.2, -0.15) is 9.49 Å². The van der Waals surface area contributed by atoms with E-state index in [1.807, 2.05) is 37.3 Å². The van der Waals surface area contributed by atoms with E-state index in [1.54, 1.807) is 10.7 Å². The van der Waals surface area contributed by atoms with Gasteiger partial charge in [-0.3, -0.25) is 14.9 Å². The molecule has 2 heterocycles. The van der Waals surface area contributed by atoms with Crippen LogP contribution in [0.1, 0.15) is 24.2 Å². The number of hydrogen-bond acceptors (Lipinski definition) is 7. The lowest BCUT2D eigenvalue weighted by Crippen LogP contribution is -2.30. The monoisotopic (exact) mass is 477 g/mol. The SMILES string of the molecule is CCn1ncc2c(C(=O)OC(C)C(=O)Nc3ccc(F)c([N+](=O)[O-])c3)cc(-c3ccccc3)nc21. The van der Waals surface area contributed by atoms with E-state index in [1.165, 1.54) is 19.2 Å². The first-order valence-electron chi connectivity index (χ1n) is 10.7. The van der Waals surface area contributed by atoms with Crippen LogP contribution in [-0.4, -0.2) is 37.7 Å². The van der Waals surface area contributed by atoms with Crippen molar-refractivity contribution in [2.75, 3.05) is 5.32 Å². The minimum atomic E-state index is -1.25. The Kier molecular flexibility index (Phi) is 6.49. The molecule has 0 aliphatic heterocycles. The number of pyridine rings is 1. The van der Waals surface area contributed by atoms with Crippen molar-refractivity contribution in [3.63, 3.8) is 0 Å². The number of nitrogens with zero attached hydrogens (tertiary/aromatic N) is 4. The zero-order chi connectivity index (χ0) is 25.1. The van der Waals surface area contributed by atoms with Crippen molar-refractivity contribution >= 4 is 34.3 Å². The van der Waals surface area contributed by atoms with Crippen LogP contribution in [0.3, 0.4) is 0 Å². The number of nitro groups is 1. The molecule has 2 aromatic carbocycles. The van der Waals surface area contributed by atoms with Crippen LogP contribution in [0.2, 0.25) is 0 Å². The summed E-state index contributed by atoms with van der Waals surface area (Å²) in [7, 11) is 0. The first-order chi connectivity index (χ1) is 16.8. The Hall–Kier alpha value is -4.67. The van der Waals surface area contributed by atoms with E-state index >= 15 is 0 Å². The third-order valence-corrected chi connectivity index (χ3v) is 5.26. The predicted octanol–water partition coefficient (Wildman–Crippen LogP) is 4.35. The number of fused-ring (bicyclic) bond motifs is 1. The van der Waals surface area contributed by atoms with Crippen LogP contribution in [0.5, 0.6) is 0 Å². The fraction of sp³-hybridized carbons (Fsp3) is 0.167. The maximum absolute atomic E-state index is 13.6. The van der Waals surface area contributed by atoms with E-state index in [4.69, 9.17) is 4.74 Å². The average Bonchev–Trinajstić information content (AvgIpc) is 3.28. The summed E-state index contributed by atoms with van der Waals surface area (Å²) in [5.74, 6) is -2.54. The zero-order valence-corrected chi connectivity index (χ0v) is 18.8. The van der Waals surface area contributed by atoms with Crippen molar-refractivity contribution in [1.29, 1.82) is 0 Å². The molecule has 0 bridgehead atoms. The summed E-state index contributed by atoms with van der Waals surface area (Å²) in [5, 5.41) is 18.1. The molecule has 11 heteroatoms. The molecule has 35 heavy (non-hydrogen) atoms. The van der Waals surface area contributed by atoms with Crippen LogP contribution in [0.25, 0.3) is 22.3 Å². The number of carbonyl (C=O) groups excluding carboxylic acids is 2. The van der Waals surface area contributed by atoms with Gasteiger partial charge in [-0.25, -0.2) is 14.5 Å². The number of halogens is 1. The molecule has 1 N–H and O–H groups in total. The molecule has 4 aromatic rings. The fourth-order valence-electron chi connectivity index (χ4n) is 3.46. The van der Waals surface area contributed by atoms with Gasteiger partial charge in [0.2, 0.25) is 5.82 Å². The number of amides is 1. The summed E-state index contributed by atoms with van der Waals surface area (Å²) in [5.41, 5.74) is 1.22. The van der Waals surface area contributed by atoms with E-state index in [2.05, 4.69) is 15.4 Å². The molecule has 1 atom stereocenters. The highest BCUT2D eigenvalue weighted by molar-refractivity contribution is 6.05. The second-order valence-electron chi connectivity index (χ2n) is 7.58. The van der Waals surface area contributed by atoms with Crippen molar-refractivity contribution in [2.24, 2.45) is 0 Å². The van der Waals surface area contributed by atoms with Crippen LogP contribution in [0, 0.1) is 15.9 Å². The molecule has 1 unspecified atom stereocenters. The number of benzene rings is 2. The van der Waals surface area contributed by atoms with Gasteiger partial charge in [0, 0.05) is 23.9 Å². The van der Waals surface area contributed by atoms with Crippen molar-refractivity contribution in [2.45, 2.75) is 26.5 Å². The van der Waals surface area contributed by atoms with Gasteiger partial charge in [-0.1, -0.05) is 30.3 Å². The number of aromatic nitrogens is 3. The number of carbonyl (C=O) groups is 2. The third-order valence-electron chi connectivity index (χ3n) is 5.26. The normalized spacial score (nSPS) is 11.7. The topological polar surface area (TPSA) is 129 Å². The summed E-state index contributed by atoms with van der Waals surface area (Å²) in [6, 6.07) is 13.8. The third kappa shape index (κ3) is 4.83. The second kappa shape index (κ2) is 9.67. The smallest absolute Gasteiger partial charge is 0.339 e. The summed E-state index contributed by atoms with van der Waals surface area (Å²) in [6.45, 7) is 3.79. The molecule has 0 aliphatic rings. The number of hydrogen-bond donors (Lipinski definition) is 1. The van der Waals surface area contributed by atoms with E-state index < -0.39 is 34.4 Å². The molecule has 0 spiro atoms. The van der Waals surface area contributed by atoms with Crippen LogP contribution in [-0.2, 0) is 16.1 Å². The van der Waals surface area contributed by atoms with Crippen LogP contribution in [0.15, 0.2) is 60.8 Å². The Bertz CT molecular complexity index is 1440. The van der Waals surface area contributed by atoms with Crippen molar-refractivity contribution in [3.8, 4) is 11.3 Å². The van der Waals surface area contributed by atoms with Crippen LogP contribution >= 0.6 is 0 Å². The van der Waals surface area contributed by atoms with Crippen molar-refractivity contribution in [3.05, 3.63) is 82.3 Å². The minimum absolute atomic E-state index is 0.00659. The number of esters is 1. The van der Waals surface area contributed by atoms with Crippen LogP contribution < -0.4 is 5.32 Å². The first kappa shape index (κ1) is 23.5. The number of aryl methyl sites for hydroxylation is 1. The summed E-state index contributed by atoms with van der Waals surface area (Å²) >= 11 is 0. The van der Waals surface area contributed by atoms with E-state index in [0.29, 0.717) is 23.3 Å². The van der Waals surface area contributed by atoms with Gasteiger partial charge in [-0.15, -0.1) is 0 Å². The lowest BCUT2D eigenvalue weighted by molar-refractivity contribution is -0.387. The highest BCUT2D eigenvalue weighted by Crippen LogP contribution is 2.26. The number of nitro benzene ring substituents is 1. The van der Waals surface area contributed by atoms with Gasteiger partial charge in [0.1, 0.15) is 0 Å². The predicted molar refractivity (Wildman–Crippen MR) is 125 cm³/mol. The lowest BCUT2D eigenvalue weighted by Gasteiger charge is -2.14. The van der Waals surface area contributed by atoms with Crippen molar-refractivity contribution < 1.29 is 23.6 Å². The molecule has 0 saturated carbocycles. The van der Waals surface area contributed by atoms with Gasteiger partial charge < -0.3 is 10.1 Å². The number of anilines is 1. The Labute approximate surface area is 198 Å². The number of rotatable bonds is 7. The summed E-state index contributed by atoms with van der Waals surface area (Å²) in [6.07, 6.45) is 0.260. The Balaban J connectivity index is 1.59. The Morgan fingerprint density at radius 3 is 2.63 bits per heavy atom. The lowest BCUT2D eigenvalue weighted by atomic mass is 10.1. The first-order valence-corrected chi connectivity index (χ1v) is 10.7. The highest BCUT2D eigenvalue weighted by atomic mass is 19.1. The van der Waals surface area contributed by atoms with Crippen LogP contribution in [0.4, 0.5) is 15.8 Å². The maximum Gasteiger partial charge on any atom is 0.339 e. The average molecular weight is 477 g/mol. The molecule has 0 radical (unpaired) electrons. The minimum Gasteiger partial charge on any atom is -0.449 e. The number of nitrogens with one attached hydrogen (secondary N) is 1. The number of ether oxygens (including phenoxy) is 1. The molecule has 4 rings (SSSR count). The maximum atomic E-state index is 13.6. The molecule has 0 fully saturated rings. The molecule has 0 saturated heterocycles. The largest absolute Gasteiger partial charge is 0.449 e. The quantitative estimate of drug-likeness (QED) is 0.238. The van der Waals surface area contributed by atoms with Gasteiger partial charge in [0.05, 0.1) is 27.8 Å². The second-order valence-corrected chi connectivity index (χ2v) is 7.58. The standard InChI is InChI=1S/C24H20FN5O5/c1-3-29-22-18(13-26-29)17(12-20(28-22)15-7-5-4-6-8-15)24(32)35-14(2)23(31)27-16-9-10-19(25)21(11-16)30(33)34/h4-14H,3H2,1-2H3,(H,27,31). The molecule has 178 valence electrons. The van der Waals surface area contributed by atoms with Gasteiger partial charge in [0.15, 0.2) is 11.8 Å². The van der Waals surface area contributed by atoms with Gasteiger partial charge in [0.25, 0.3) is 5.91 Å². The van der Waals surface area contributed by atoms with Crippen molar-refractivity contribution in [1.82, 2.24) is 14.8 Å². The van der Waals surface area contributed by atoms with E-state index in [9.17, 15) is 24.1 Å². The van der Waals surface area contributed by atoms with Gasteiger partial charge >= 0.3 is 11.7 Å². The molecular formula is C24H20FN5O5. The summed E-state index contributed by atoms with van der Waals surface area (Å²) in [4.78, 5) is 40.3. The zero-order valence-electron chi connectivity index (χ0n) is 18.8. The highest BCUT2D eigenvalue weighted by Gasteiger charge is 2.24. The molecule has 10 nitrogen and oxygen atoms in total. The fourth-order valence-corrected chi connectivity index (χ4v) is 3.46. The molecule has 1 amide bonds. The molecule has 2 aromatic heterocycles. The molecule has 0 aliphatic carbocycles. The Morgan fingerprint density at radius 1 is 1.20 bits per heavy atom. The molecular weight excluding hydrogens is 457 g/mol. The summed E-state index contributed by atoms with van der Waals surface area (Å²) < 4.78 is 20.6. The van der Waals surface area contributed by atoms with Gasteiger partial charge in [-0.05, 0) is 32.0 Å².